The minimum absolute atomic E-state index is 0.0399. The van der Waals surface area contributed by atoms with Crippen molar-refractivity contribution in [1.82, 2.24) is 0 Å². The Bertz CT molecular complexity index is 998. The Labute approximate surface area is 173 Å². The Kier molecular flexibility index (Phi) is 6.54. The number of para-hydroxylation sites is 2. The quantitative estimate of drug-likeness (QED) is 0.360. The molecule has 0 unspecified atom stereocenters. The molecular formula is C23H20N2O5. The van der Waals surface area contributed by atoms with Crippen LogP contribution in [0.3, 0.4) is 0 Å². The first-order chi connectivity index (χ1) is 14.5. The number of amides is 1. The summed E-state index contributed by atoms with van der Waals surface area (Å²) in [6.45, 7) is 1.43. The van der Waals surface area contributed by atoms with Crippen molar-refractivity contribution in [2.24, 2.45) is 0 Å². The molecule has 30 heavy (non-hydrogen) atoms. The highest BCUT2D eigenvalue weighted by Crippen LogP contribution is 2.27. The summed E-state index contributed by atoms with van der Waals surface area (Å²) in [5.74, 6) is -1.94. The van der Waals surface area contributed by atoms with Gasteiger partial charge < -0.3 is 10.1 Å². The van der Waals surface area contributed by atoms with E-state index in [1.807, 2.05) is 60.7 Å². The summed E-state index contributed by atoms with van der Waals surface area (Å²) >= 11 is 0. The lowest BCUT2D eigenvalue weighted by atomic mass is 9.91. The van der Waals surface area contributed by atoms with Crippen LogP contribution in [0.2, 0.25) is 0 Å². The van der Waals surface area contributed by atoms with E-state index in [9.17, 15) is 19.7 Å². The van der Waals surface area contributed by atoms with Crippen molar-refractivity contribution < 1.29 is 19.2 Å². The molecule has 0 saturated heterocycles. The number of carbonyl (C=O) groups excluding carboxylic acids is 2. The number of rotatable bonds is 7. The zero-order valence-electron chi connectivity index (χ0n) is 16.2. The maximum Gasteiger partial charge on any atom is 0.318 e. The van der Waals surface area contributed by atoms with E-state index < -0.39 is 28.8 Å². The van der Waals surface area contributed by atoms with E-state index in [2.05, 4.69) is 5.32 Å². The van der Waals surface area contributed by atoms with Crippen LogP contribution >= 0.6 is 0 Å². The van der Waals surface area contributed by atoms with Gasteiger partial charge in [-0.25, -0.2) is 0 Å². The lowest BCUT2D eigenvalue weighted by Gasteiger charge is -2.20. The topological polar surface area (TPSA) is 98.5 Å². The predicted molar refractivity (Wildman–Crippen MR) is 112 cm³/mol. The molecule has 0 aliphatic rings. The molecule has 1 amide bonds. The molecule has 7 nitrogen and oxygen atoms in total. The fourth-order valence-electron chi connectivity index (χ4n) is 3.02. The summed E-state index contributed by atoms with van der Waals surface area (Å²) in [5, 5.41) is 13.6. The smallest absolute Gasteiger partial charge is 0.318 e. The summed E-state index contributed by atoms with van der Waals surface area (Å²) in [7, 11) is 0. The SMILES string of the molecule is C[C@H](OC(=O)C(c1ccccc1)c1ccccc1)C(=O)Nc1ccccc1[N+](=O)[O-]. The summed E-state index contributed by atoms with van der Waals surface area (Å²) in [5.41, 5.74) is 1.27. The highest BCUT2D eigenvalue weighted by atomic mass is 16.6. The third kappa shape index (κ3) is 4.88. The highest BCUT2D eigenvalue weighted by molar-refractivity contribution is 5.97. The van der Waals surface area contributed by atoms with Crippen LogP contribution in [0.5, 0.6) is 0 Å². The van der Waals surface area contributed by atoms with Gasteiger partial charge in [0.05, 0.1) is 4.92 Å². The number of anilines is 1. The van der Waals surface area contributed by atoms with Crippen LogP contribution in [0, 0.1) is 10.1 Å². The summed E-state index contributed by atoms with van der Waals surface area (Å²) < 4.78 is 5.43. The maximum atomic E-state index is 13.0. The molecule has 1 N–H and O–H groups in total. The summed E-state index contributed by atoms with van der Waals surface area (Å²) in [6.07, 6.45) is -1.15. The van der Waals surface area contributed by atoms with Crippen LogP contribution in [-0.4, -0.2) is 22.9 Å². The van der Waals surface area contributed by atoms with Crippen LogP contribution in [0.4, 0.5) is 11.4 Å². The molecule has 3 rings (SSSR count). The fraction of sp³-hybridized carbons (Fsp3) is 0.130. The lowest BCUT2D eigenvalue weighted by molar-refractivity contribution is -0.383. The third-order valence-corrected chi connectivity index (χ3v) is 4.52. The Morgan fingerprint density at radius 2 is 1.37 bits per heavy atom. The van der Waals surface area contributed by atoms with Crippen LogP contribution < -0.4 is 5.32 Å². The van der Waals surface area contributed by atoms with Crippen molar-refractivity contribution >= 4 is 23.3 Å². The van der Waals surface area contributed by atoms with Crippen molar-refractivity contribution in [2.75, 3.05) is 5.32 Å². The Morgan fingerprint density at radius 3 is 1.90 bits per heavy atom. The lowest BCUT2D eigenvalue weighted by Crippen LogP contribution is -2.32. The minimum Gasteiger partial charge on any atom is -0.452 e. The Morgan fingerprint density at radius 1 is 0.867 bits per heavy atom. The average Bonchev–Trinajstić information content (AvgIpc) is 2.75. The number of hydrogen-bond donors (Lipinski definition) is 1. The number of nitrogens with one attached hydrogen (secondary N) is 1. The van der Waals surface area contributed by atoms with Gasteiger partial charge in [0.15, 0.2) is 6.10 Å². The zero-order chi connectivity index (χ0) is 21.5. The zero-order valence-corrected chi connectivity index (χ0v) is 16.2. The largest absolute Gasteiger partial charge is 0.452 e. The molecule has 0 aromatic heterocycles. The van der Waals surface area contributed by atoms with Crippen LogP contribution in [0.25, 0.3) is 0 Å². The second kappa shape index (κ2) is 9.47. The number of nitro groups is 1. The molecule has 3 aromatic carbocycles. The van der Waals surface area contributed by atoms with Crippen molar-refractivity contribution in [1.29, 1.82) is 0 Å². The van der Waals surface area contributed by atoms with E-state index >= 15 is 0 Å². The number of ether oxygens (including phenoxy) is 1. The molecule has 0 heterocycles. The molecule has 7 heteroatoms. The highest BCUT2D eigenvalue weighted by Gasteiger charge is 2.28. The second-order valence-corrected chi connectivity index (χ2v) is 6.60. The van der Waals surface area contributed by atoms with Gasteiger partial charge in [-0.3, -0.25) is 19.7 Å². The van der Waals surface area contributed by atoms with E-state index in [0.29, 0.717) is 0 Å². The third-order valence-electron chi connectivity index (χ3n) is 4.52. The van der Waals surface area contributed by atoms with E-state index in [1.165, 1.54) is 25.1 Å². The van der Waals surface area contributed by atoms with Gasteiger partial charge in [0, 0.05) is 6.07 Å². The van der Waals surface area contributed by atoms with Crippen molar-refractivity contribution in [3.05, 3.63) is 106 Å². The van der Waals surface area contributed by atoms with Crippen LogP contribution in [0.15, 0.2) is 84.9 Å². The monoisotopic (exact) mass is 404 g/mol. The molecule has 0 bridgehead atoms. The number of hydrogen-bond acceptors (Lipinski definition) is 5. The average molecular weight is 404 g/mol. The standard InChI is InChI=1S/C23H20N2O5/c1-16(22(26)24-19-14-8-9-15-20(19)25(28)29)30-23(27)21(17-10-4-2-5-11-17)18-12-6-3-7-13-18/h2-16,21H,1H3,(H,24,26)/t16-/m0/s1. The van der Waals surface area contributed by atoms with E-state index in [4.69, 9.17) is 4.74 Å². The minimum atomic E-state index is -1.15. The van der Waals surface area contributed by atoms with Crippen molar-refractivity contribution in [2.45, 2.75) is 18.9 Å². The van der Waals surface area contributed by atoms with Crippen molar-refractivity contribution in [3.8, 4) is 0 Å². The molecule has 0 spiro atoms. The Hall–Kier alpha value is -4.00. The maximum absolute atomic E-state index is 13.0. The molecule has 0 fully saturated rings. The molecule has 0 aliphatic carbocycles. The van der Waals surface area contributed by atoms with Crippen molar-refractivity contribution in [3.63, 3.8) is 0 Å². The fourth-order valence-corrected chi connectivity index (χ4v) is 3.02. The normalized spacial score (nSPS) is 11.5. The van der Waals surface area contributed by atoms with Gasteiger partial charge in [-0.05, 0) is 24.1 Å². The van der Waals surface area contributed by atoms with Gasteiger partial charge in [-0.2, -0.15) is 0 Å². The van der Waals surface area contributed by atoms with E-state index in [-0.39, 0.29) is 11.4 Å². The summed E-state index contributed by atoms with van der Waals surface area (Å²) in [4.78, 5) is 36.0. The number of carbonyl (C=O) groups is 2. The number of nitro benzene ring substituents is 1. The second-order valence-electron chi connectivity index (χ2n) is 6.60. The Balaban J connectivity index is 1.77. The molecule has 0 radical (unpaired) electrons. The first-order valence-electron chi connectivity index (χ1n) is 9.32. The van der Waals surface area contributed by atoms with Crippen LogP contribution in [0.1, 0.15) is 24.0 Å². The van der Waals surface area contributed by atoms with E-state index in [0.717, 1.165) is 11.1 Å². The van der Waals surface area contributed by atoms with Gasteiger partial charge in [0.2, 0.25) is 0 Å². The number of esters is 1. The van der Waals surface area contributed by atoms with Crippen LogP contribution in [-0.2, 0) is 14.3 Å². The van der Waals surface area contributed by atoms with Gasteiger partial charge in [0.25, 0.3) is 11.6 Å². The van der Waals surface area contributed by atoms with E-state index in [1.54, 1.807) is 6.07 Å². The van der Waals surface area contributed by atoms with Gasteiger partial charge in [0.1, 0.15) is 11.6 Å². The first kappa shape index (κ1) is 20.7. The number of benzene rings is 3. The van der Waals surface area contributed by atoms with Gasteiger partial charge in [-0.15, -0.1) is 0 Å². The van der Waals surface area contributed by atoms with Gasteiger partial charge >= 0.3 is 5.97 Å². The molecule has 1 atom stereocenters. The predicted octanol–water partition coefficient (Wildman–Crippen LogP) is 4.30. The van der Waals surface area contributed by atoms with Gasteiger partial charge in [-0.1, -0.05) is 72.8 Å². The summed E-state index contributed by atoms with van der Waals surface area (Å²) in [6, 6.07) is 24.0. The molecule has 3 aromatic rings. The molecular weight excluding hydrogens is 384 g/mol. The molecule has 0 saturated carbocycles. The number of nitrogens with zero attached hydrogens (tertiary/aromatic N) is 1. The molecule has 0 aliphatic heterocycles. The first-order valence-corrected chi connectivity index (χ1v) is 9.32. The molecule has 152 valence electrons.